The normalized spacial score (nSPS) is 11.1. The molecule has 0 aliphatic carbocycles. The predicted molar refractivity (Wildman–Crippen MR) is 23.8 cm³/mol. The van der Waals surface area contributed by atoms with Crippen LogP contribution in [0.25, 0.3) is 0 Å². The Morgan fingerprint density at radius 1 is 2.00 bits per heavy atom. The zero-order chi connectivity index (χ0) is 5.86. The average molecular weight is 128 g/mol. The Kier molecular flexibility index (Phi) is 7.26. The van der Waals surface area contributed by atoms with Crippen LogP contribution in [0.2, 0.25) is 0 Å². The fourth-order valence-corrected chi connectivity index (χ4v) is 0.101. The van der Waals surface area contributed by atoms with Gasteiger partial charge in [-0.25, -0.2) is 9.18 Å². The van der Waals surface area contributed by atoms with E-state index in [1.54, 1.807) is 0 Å². The van der Waals surface area contributed by atoms with Gasteiger partial charge >= 0.3 is 35.5 Å². The van der Waals surface area contributed by atoms with Gasteiger partial charge in [0.15, 0.2) is 0 Å². The van der Waals surface area contributed by atoms with Crippen LogP contribution in [-0.4, -0.2) is 17.2 Å². The third kappa shape index (κ3) is 4.30. The fraction of sp³-hybridized carbons (Fsp3) is 0.250. The first-order valence-electron chi connectivity index (χ1n) is 1.68. The van der Waals surface area contributed by atoms with Crippen molar-refractivity contribution in [2.24, 2.45) is 0 Å². The van der Waals surface area contributed by atoms with E-state index in [0.29, 0.717) is 0 Å². The molecule has 0 rings (SSSR count). The Hall–Kier alpha value is 0.140. The van der Waals surface area contributed by atoms with Crippen LogP contribution < -0.4 is 29.6 Å². The van der Waals surface area contributed by atoms with Crippen LogP contribution in [0, 0.1) is 0 Å². The Morgan fingerprint density at radius 2 is 2.38 bits per heavy atom. The number of alkyl halides is 1. The molecule has 0 saturated heterocycles. The second kappa shape index (κ2) is 5.28. The van der Waals surface area contributed by atoms with Gasteiger partial charge in [0.2, 0.25) is 6.17 Å². The number of hydrogen-bond donors (Lipinski definition) is 1. The Balaban J connectivity index is -0.000000180. The van der Waals surface area contributed by atoms with Crippen LogP contribution in [0.4, 0.5) is 4.39 Å². The standard InChI is InChI=1S/C4H5FO2.Na.H/c1-2-3(5)4(6)7;;/h2-3H,1H2,(H,6,7);;/q;+1;-1. The van der Waals surface area contributed by atoms with Gasteiger partial charge in [0.1, 0.15) is 0 Å². The molecule has 0 heterocycles. The van der Waals surface area contributed by atoms with Gasteiger partial charge in [-0.2, -0.15) is 0 Å². The summed E-state index contributed by atoms with van der Waals surface area (Å²) in [6.45, 7) is 2.93. The molecule has 42 valence electrons. The van der Waals surface area contributed by atoms with Crippen molar-refractivity contribution in [3.05, 3.63) is 12.7 Å². The maximum absolute atomic E-state index is 11.5. The summed E-state index contributed by atoms with van der Waals surface area (Å²) < 4.78 is 11.5. The molecular weight excluding hydrogens is 122 g/mol. The van der Waals surface area contributed by atoms with Crippen molar-refractivity contribution in [2.45, 2.75) is 6.17 Å². The SMILES string of the molecule is C=CC(F)C(=O)O.[H-].[Na+]. The second-order valence-electron chi connectivity index (χ2n) is 0.976. The number of aliphatic carboxylic acids is 1. The molecule has 1 atom stereocenters. The van der Waals surface area contributed by atoms with Gasteiger partial charge in [-0.3, -0.25) is 0 Å². The molecule has 0 aromatic rings. The van der Waals surface area contributed by atoms with E-state index in [1.165, 1.54) is 0 Å². The summed E-state index contributed by atoms with van der Waals surface area (Å²) in [6.07, 6.45) is -1.19. The van der Waals surface area contributed by atoms with E-state index in [-0.39, 0.29) is 31.0 Å². The third-order valence-corrected chi connectivity index (χ3v) is 0.443. The quantitative estimate of drug-likeness (QED) is 0.336. The summed E-state index contributed by atoms with van der Waals surface area (Å²) in [7, 11) is 0. The molecule has 1 N–H and O–H groups in total. The molecule has 0 amide bonds. The van der Waals surface area contributed by atoms with Crippen molar-refractivity contribution < 1.29 is 45.3 Å². The number of carbonyl (C=O) groups is 1. The Morgan fingerprint density at radius 3 is 2.38 bits per heavy atom. The molecule has 0 radical (unpaired) electrons. The molecule has 0 bridgehead atoms. The van der Waals surface area contributed by atoms with E-state index in [9.17, 15) is 9.18 Å². The van der Waals surface area contributed by atoms with Crippen molar-refractivity contribution >= 4 is 5.97 Å². The van der Waals surface area contributed by atoms with Crippen molar-refractivity contribution in [3.8, 4) is 0 Å². The predicted octanol–water partition coefficient (Wildman–Crippen LogP) is -2.29. The van der Waals surface area contributed by atoms with Gasteiger partial charge in [-0.05, 0) is 6.08 Å². The molecule has 0 aliphatic heterocycles. The van der Waals surface area contributed by atoms with Crippen LogP contribution in [0.3, 0.4) is 0 Å². The summed E-state index contributed by atoms with van der Waals surface area (Å²) in [6, 6.07) is 0. The molecule has 1 unspecified atom stereocenters. The minimum Gasteiger partial charge on any atom is -1.00 e. The summed E-state index contributed by atoms with van der Waals surface area (Å²) in [5.74, 6) is -1.49. The van der Waals surface area contributed by atoms with Crippen molar-refractivity contribution in [3.63, 3.8) is 0 Å². The van der Waals surface area contributed by atoms with E-state index in [0.717, 1.165) is 6.08 Å². The maximum Gasteiger partial charge on any atom is 1.00 e. The van der Waals surface area contributed by atoms with Gasteiger partial charge in [0.05, 0.1) is 0 Å². The molecule has 0 saturated carbocycles. The van der Waals surface area contributed by atoms with Crippen LogP contribution in [-0.2, 0) is 4.79 Å². The first kappa shape index (κ1) is 11.0. The largest absolute Gasteiger partial charge is 1.00 e. The van der Waals surface area contributed by atoms with Crippen molar-refractivity contribution in [1.29, 1.82) is 0 Å². The monoisotopic (exact) mass is 128 g/mol. The van der Waals surface area contributed by atoms with Crippen LogP contribution in [0.5, 0.6) is 0 Å². The molecule has 2 nitrogen and oxygen atoms in total. The van der Waals surface area contributed by atoms with Gasteiger partial charge < -0.3 is 6.53 Å². The minimum atomic E-state index is -1.92. The van der Waals surface area contributed by atoms with E-state index in [4.69, 9.17) is 5.11 Å². The van der Waals surface area contributed by atoms with Gasteiger partial charge in [-0.1, -0.05) is 6.58 Å². The summed E-state index contributed by atoms with van der Waals surface area (Å²) >= 11 is 0. The molecule has 0 fully saturated rings. The Labute approximate surface area is 70.2 Å². The van der Waals surface area contributed by atoms with Crippen molar-refractivity contribution in [2.75, 3.05) is 0 Å². The molecule has 0 spiro atoms. The first-order chi connectivity index (χ1) is 3.18. The van der Waals surface area contributed by atoms with Crippen molar-refractivity contribution in [1.82, 2.24) is 0 Å². The summed E-state index contributed by atoms with van der Waals surface area (Å²) in [4.78, 5) is 9.48. The maximum atomic E-state index is 11.5. The van der Waals surface area contributed by atoms with Crippen LogP contribution in [0.15, 0.2) is 12.7 Å². The van der Waals surface area contributed by atoms with E-state index in [1.807, 2.05) is 0 Å². The zero-order valence-corrected chi connectivity index (χ0v) is 6.60. The van der Waals surface area contributed by atoms with E-state index in [2.05, 4.69) is 6.58 Å². The molecule has 4 heteroatoms. The summed E-state index contributed by atoms with van der Waals surface area (Å²) in [5, 5.41) is 7.74. The third-order valence-electron chi connectivity index (χ3n) is 0.443. The number of rotatable bonds is 2. The fourth-order valence-electron chi connectivity index (χ4n) is 0.101. The average Bonchev–Trinajstić information content (AvgIpc) is 1.65. The Bertz CT molecular complexity index is 98.6. The molecule has 0 aromatic carbocycles. The first-order valence-corrected chi connectivity index (χ1v) is 1.68. The van der Waals surface area contributed by atoms with E-state index < -0.39 is 12.1 Å². The molecule has 0 aliphatic rings. The summed E-state index contributed by atoms with van der Waals surface area (Å²) in [5.41, 5.74) is 0. The molecule has 0 aromatic heterocycles. The van der Waals surface area contributed by atoms with Crippen LogP contribution >= 0.6 is 0 Å². The smallest absolute Gasteiger partial charge is 1.00 e. The van der Waals surface area contributed by atoms with Crippen LogP contribution in [0.1, 0.15) is 1.43 Å². The second-order valence-corrected chi connectivity index (χ2v) is 0.976. The molecule has 8 heavy (non-hydrogen) atoms. The number of halogens is 1. The minimum absolute atomic E-state index is 0. The van der Waals surface area contributed by atoms with E-state index >= 15 is 0 Å². The number of carboxylic acids is 1. The molecular formula is C4H6FNaO2. The number of hydrogen-bond acceptors (Lipinski definition) is 1. The topological polar surface area (TPSA) is 37.3 Å². The van der Waals surface area contributed by atoms with Gasteiger partial charge in [0, 0.05) is 0 Å². The van der Waals surface area contributed by atoms with Gasteiger partial charge in [0.25, 0.3) is 0 Å². The zero-order valence-electron chi connectivity index (χ0n) is 5.60. The van der Waals surface area contributed by atoms with Gasteiger partial charge in [-0.15, -0.1) is 0 Å². The number of carboxylic acid groups (broad SMARTS) is 1.